The minimum atomic E-state index is 0.0802. The molecule has 0 saturated carbocycles. The summed E-state index contributed by atoms with van der Waals surface area (Å²) in [7, 11) is 0. The van der Waals surface area contributed by atoms with Gasteiger partial charge in [0.1, 0.15) is 18.1 Å². The van der Waals surface area contributed by atoms with Crippen molar-refractivity contribution in [2.75, 3.05) is 32.8 Å². The second-order valence-corrected chi connectivity index (χ2v) is 9.25. The Morgan fingerprint density at radius 1 is 0.857 bits per heavy atom. The third-order valence-corrected chi connectivity index (χ3v) is 6.90. The average molecular weight is 468 g/mol. The molecule has 1 aliphatic carbocycles. The first kappa shape index (κ1) is 23.4. The van der Waals surface area contributed by atoms with E-state index >= 15 is 0 Å². The molecule has 0 spiro atoms. The summed E-state index contributed by atoms with van der Waals surface area (Å²) >= 11 is 0. The maximum Gasteiger partial charge on any atom is 0.189 e. The van der Waals surface area contributed by atoms with Gasteiger partial charge in [-0.25, -0.2) is 0 Å². The Balaban J connectivity index is 1.39. The Kier molecular flexibility index (Phi) is 7.29. The van der Waals surface area contributed by atoms with Crippen LogP contribution in [0.4, 0.5) is 0 Å². The molecule has 1 saturated heterocycles. The molecule has 3 aromatic rings. The van der Waals surface area contributed by atoms with Crippen LogP contribution in [0.2, 0.25) is 0 Å². The molecular formula is C31H33NO3. The van der Waals surface area contributed by atoms with Crippen LogP contribution < -0.4 is 9.47 Å². The van der Waals surface area contributed by atoms with E-state index in [1.54, 1.807) is 0 Å². The van der Waals surface area contributed by atoms with Crippen molar-refractivity contribution in [3.05, 3.63) is 101 Å². The first-order valence-electron chi connectivity index (χ1n) is 12.8. The molecule has 0 N–H and O–H groups in total. The third kappa shape index (κ3) is 5.33. The van der Waals surface area contributed by atoms with E-state index in [0.717, 1.165) is 51.4 Å². The number of likely N-dealkylation sites (tertiary alicyclic amines) is 1. The Morgan fingerprint density at radius 3 is 2.34 bits per heavy atom. The van der Waals surface area contributed by atoms with Crippen molar-refractivity contribution in [2.45, 2.75) is 32.6 Å². The number of ketones is 1. The van der Waals surface area contributed by atoms with E-state index in [4.69, 9.17) is 9.47 Å². The zero-order valence-corrected chi connectivity index (χ0v) is 20.5. The molecule has 0 bridgehead atoms. The van der Waals surface area contributed by atoms with Crippen LogP contribution in [0.1, 0.15) is 53.2 Å². The predicted molar refractivity (Wildman–Crippen MR) is 140 cm³/mol. The average Bonchev–Trinajstić information content (AvgIpc) is 3.29. The Morgan fingerprint density at radius 2 is 1.60 bits per heavy atom. The fraction of sp³-hybridized carbons (Fsp3) is 0.323. The van der Waals surface area contributed by atoms with Crippen molar-refractivity contribution < 1.29 is 14.3 Å². The lowest BCUT2D eigenvalue weighted by molar-refractivity contribution is 0.103. The smallest absolute Gasteiger partial charge is 0.189 e. The van der Waals surface area contributed by atoms with Crippen molar-refractivity contribution >= 4 is 11.4 Å². The van der Waals surface area contributed by atoms with Gasteiger partial charge in [-0.2, -0.15) is 0 Å². The molecule has 4 heteroatoms. The second kappa shape index (κ2) is 10.9. The topological polar surface area (TPSA) is 38.8 Å². The molecule has 0 atom stereocenters. The summed E-state index contributed by atoms with van der Waals surface area (Å²) < 4.78 is 11.8. The van der Waals surface area contributed by atoms with Gasteiger partial charge >= 0.3 is 0 Å². The molecule has 0 radical (unpaired) electrons. The van der Waals surface area contributed by atoms with Crippen LogP contribution in [0.25, 0.3) is 5.57 Å². The quantitative estimate of drug-likeness (QED) is 0.352. The molecule has 35 heavy (non-hydrogen) atoms. The number of benzene rings is 3. The number of allylic oxidation sites excluding steroid dienone is 1. The van der Waals surface area contributed by atoms with Gasteiger partial charge in [-0.15, -0.1) is 0 Å². The monoisotopic (exact) mass is 467 g/mol. The van der Waals surface area contributed by atoms with Crippen molar-refractivity contribution in [1.29, 1.82) is 0 Å². The number of hydrogen-bond donors (Lipinski definition) is 0. The third-order valence-electron chi connectivity index (χ3n) is 6.90. The summed E-state index contributed by atoms with van der Waals surface area (Å²) in [6.07, 6.45) is 4.54. The number of rotatable bonds is 9. The summed E-state index contributed by atoms with van der Waals surface area (Å²) in [6, 6.07) is 23.9. The summed E-state index contributed by atoms with van der Waals surface area (Å²) in [5.41, 5.74) is 5.83. The van der Waals surface area contributed by atoms with E-state index in [2.05, 4.69) is 29.2 Å². The molecule has 0 unspecified atom stereocenters. The van der Waals surface area contributed by atoms with Crippen LogP contribution in [-0.4, -0.2) is 43.5 Å². The van der Waals surface area contributed by atoms with Gasteiger partial charge in [0.2, 0.25) is 0 Å². The zero-order valence-electron chi connectivity index (χ0n) is 20.5. The van der Waals surface area contributed by atoms with Gasteiger partial charge in [0.15, 0.2) is 5.78 Å². The molecule has 180 valence electrons. The lowest BCUT2D eigenvalue weighted by Crippen LogP contribution is -2.33. The first-order chi connectivity index (χ1) is 17.2. The van der Waals surface area contributed by atoms with E-state index in [1.807, 2.05) is 55.5 Å². The van der Waals surface area contributed by atoms with Crippen molar-refractivity contribution in [1.82, 2.24) is 4.90 Å². The highest BCUT2D eigenvalue weighted by Crippen LogP contribution is 2.40. The van der Waals surface area contributed by atoms with Gasteiger partial charge in [-0.3, -0.25) is 9.69 Å². The number of nitrogens with zero attached hydrogens (tertiary/aromatic N) is 1. The van der Waals surface area contributed by atoms with E-state index in [-0.39, 0.29) is 5.78 Å². The van der Waals surface area contributed by atoms with Gasteiger partial charge < -0.3 is 9.47 Å². The maximum atomic E-state index is 13.5. The minimum absolute atomic E-state index is 0.0802. The molecular weight excluding hydrogens is 434 g/mol. The summed E-state index contributed by atoms with van der Waals surface area (Å²) in [6.45, 7) is 6.63. The van der Waals surface area contributed by atoms with E-state index in [1.165, 1.54) is 32.4 Å². The number of ether oxygens (including phenoxy) is 2. The molecule has 5 rings (SSSR count). The molecule has 1 aliphatic heterocycles. The number of carbonyl (C=O) groups excluding carboxylic acids is 1. The first-order valence-corrected chi connectivity index (χ1v) is 12.8. The number of piperidine rings is 1. The minimum Gasteiger partial charge on any atom is -0.494 e. The predicted octanol–water partition coefficient (Wildman–Crippen LogP) is 6.19. The summed E-state index contributed by atoms with van der Waals surface area (Å²) in [5.74, 6) is 1.79. The van der Waals surface area contributed by atoms with Gasteiger partial charge in [0.05, 0.1) is 6.61 Å². The van der Waals surface area contributed by atoms with Crippen molar-refractivity contribution in [2.24, 2.45) is 0 Å². The number of fused-ring (bicyclic) bond motifs is 1. The zero-order chi connectivity index (χ0) is 24.0. The Hall–Kier alpha value is -3.37. The maximum absolute atomic E-state index is 13.5. The second-order valence-electron chi connectivity index (χ2n) is 9.25. The molecule has 1 fully saturated rings. The normalized spacial score (nSPS) is 15.7. The standard InChI is InChI=1S/C31H33NO3/c1-2-34-27-15-16-28-25(21-27)22-29(31(33)24-9-5-3-6-10-24)30(28)23-11-13-26(14-12-23)35-20-19-32-17-7-4-8-18-32/h3,5-6,9-16,21H,2,4,7-8,17-20,22H2,1H3. The Bertz CT molecular complexity index is 1190. The molecule has 3 aromatic carbocycles. The lowest BCUT2D eigenvalue weighted by Gasteiger charge is -2.26. The van der Waals surface area contributed by atoms with Crippen molar-refractivity contribution in [3.8, 4) is 11.5 Å². The fourth-order valence-corrected chi connectivity index (χ4v) is 5.14. The van der Waals surface area contributed by atoms with Gasteiger partial charge in [-0.05, 0) is 79.4 Å². The summed E-state index contributed by atoms with van der Waals surface area (Å²) in [5, 5.41) is 0. The highest BCUT2D eigenvalue weighted by molar-refractivity contribution is 6.16. The van der Waals surface area contributed by atoms with E-state index < -0.39 is 0 Å². The summed E-state index contributed by atoms with van der Waals surface area (Å²) in [4.78, 5) is 16.0. The molecule has 4 nitrogen and oxygen atoms in total. The van der Waals surface area contributed by atoms with Crippen LogP contribution in [-0.2, 0) is 6.42 Å². The van der Waals surface area contributed by atoms with Gasteiger partial charge in [0, 0.05) is 24.1 Å². The lowest BCUT2D eigenvalue weighted by atomic mass is 9.94. The largest absolute Gasteiger partial charge is 0.494 e. The number of Topliss-reactive ketones (excluding diaryl/α,β-unsaturated/α-hetero) is 1. The highest BCUT2D eigenvalue weighted by atomic mass is 16.5. The van der Waals surface area contributed by atoms with E-state index in [0.29, 0.717) is 19.6 Å². The SMILES string of the molecule is CCOc1ccc2c(c1)CC(C(=O)c1ccccc1)=C2c1ccc(OCCN2CCCCC2)cc1. The molecule has 0 amide bonds. The van der Waals surface area contributed by atoms with Gasteiger partial charge in [-0.1, -0.05) is 55.0 Å². The van der Waals surface area contributed by atoms with Crippen LogP contribution >= 0.6 is 0 Å². The van der Waals surface area contributed by atoms with E-state index in [9.17, 15) is 4.79 Å². The van der Waals surface area contributed by atoms with Crippen LogP contribution in [0, 0.1) is 0 Å². The molecule has 0 aromatic heterocycles. The number of carbonyl (C=O) groups is 1. The highest BCUT2D eigenvalue weighted by Gasteiger charge is 2.28. The van der Waals surface area contributed by atoms with Crippen molar-refractivity contribution in [3.63, 3.8) is 0 Å². The van der Waals surface area contributed by atoms with Gasteiger partial charge in [0.25, 0.3) is 0 Å². The Labute approximate surface area is 208 Å². The fourth-order valence-electron chi connectivity index (χ4n) is 5.14. The van der Waals surface area contributed by atoms with Crippen LogP contribution in [0.5, 0.6) is 11.5 Å². The number of hydrogen-bond acceptors (Lipinski definition) is 4. The molecule has 1 heterocycles. The van der Waals surface area contributed by atoms with Crippen LogP contribution in [0.3, 0.4) is 0 Å². The molecule has 2 aliphatic rings. The van der Waals surface area contributed by atoms with Crippen LogP contribution in [0.15, 0.2) is 78.4 Å².